The molecule has 0 spiro atoms. The van der Waals surface area contributed by atoms with Gasteiger partial charge in [-0.2, -0.15) is 0 Å². The highest BCUT2D eigenvalue weighted by Crippen LogP contribution is 2.46. The Labute approximate surface area is 205 Å². The minimum Gasteiger partial charge on any atom is -0.368 e. The Hall–Kier alpha value is -1.48. The van der Waals surface area contributed by atoms with Gasteiger partial charge in [0.2, 0.25) is 0 Å². The average molecular weight is 469 g/mol. The van der Waals surface area contributed by atoms with Gasteiger partial charge in [0.25, 0.3) is 0 Å². The Bertz CT molecular complexity index is 883. The zero-order valence-electron chi connectivity index (χ0n) is 20.9. The summed E-state index contributed by atoms with van der Waals surface area (Å²) in [5, 5.41) is 0. The summed E-state index contributed by atoms with van der Waals surface area (Å²) in [6.07, 6.45) is 23.5. The third-order valence-electron chi connectivity index (χ3n) is 9.61. The summed E-state index contributed by atoms with van der Waals surface area (Å²) in [6.45, 7) is 2.63. The van der Waals surface area contributed by atoms with E-state index < -0.39 is 11.6 Å². The first-order valence-corrected chi connectivity index (χ1v) is 14.0. The summed E-state index contributed by atoms with van der Waals surface area (Å²) in [4.78, 5) is 0. The number of hydrogen-bond acceptors (Lipinski definition) is 1. The normalized spacial score (nSPS) is 34.3. The Morgan fingerprint density at radius 2 is 1.50 bits per heavy atom. The van der Waals surface area contributed by atoms with E-state index >= 15 is 0 Å². The maximum atomic E-state index is 14.7. The zero-order valence-corrected chi connectivity index (χ0v) is 20.9. The number of allylic oxidation sites excluding steroid dienone is 4. The standard InChI is InChI=1S/C31H42F2O/c1-2-3-4-5-21-6-8-22(9-7-21)23-10-12-24(13-11-23)25-14-16-26(17-15-25)27-18-19-28(29-20-34-29)31(33)30(27)32/h2-3,16,18-19,21-25,29H,4-15,17,20H2,1H3/b3-2+. The first kappa shape index (κ1) is 24.2. The van der Waals surface area contributed by atoms with Gasteiger partial charge in [0.1, 0.15) is 6.10 Å². The van der Waals surface area contributed by atoms with Gasteiger partial charge in [-0.1, -0.05) is 43.2 Å². The highest BCUT2D eigenvalue weighted by Gasteiger charge is 2.34. The minimum atomic E-state index is -0.715. The van der Waals surface area contributed by atoms with Crippen LogP contribution in [0, 0.1) is 41.2 Å². The van der Waals surface area contributed by atoms with Crippen molar-refractivity contribution in [1.82, 2.24) is 0 Å². The molecule has 186 valence electrons. The van der Waals surface area contributed by atoms with Crippen molar-refractivity contribution in [1.29, 1.82) is 0 Å². The van der Waals surface area contributed by atoms with Crippen molar-refractivity contribution in [2.24, 2.45) is 29.6 Å². The molecule has 1 aromatic carbocycles. The van der Waals surface area contributed by atoms with Gasteiger partial charge in [-0.3, -0.25) is 0 Å². The van der Waals surface area contributed by atoms with Crippen molar-refractivity contribution >= 4 is 5.57 Å². The molecule has 2 unspecified atom stereocenters. The molecule has 2 saturated carbocycles. The molecule has 1 saturated heterocycles. The Balaban J connectivity index is 1.09. The molecule has 1 aliphatic heterocycles. The first-order chi connectivity index (χ1) is 16.6. The van der Waals surface area contributed by atoms with Crippen molar-refractivity contribution in [2.45, 2.75) is 96.5 Å². The Morgan fingerprint density at radius 1 is 0.853 bits per heavy atom. The van der Waals surface area contributed by atoms with E-state index in [-0.39, 0.29) is 6.10 Å². The summed E-state index contributed by atoms with van der Waals surface area (Å²) < 4.78 is 34.3. The molecule has 0 amide bonds. The molecule has 0 aromatic heterocycles. The molecule has 2 atom stereocenters. The van der Waals surface area contributed by atoms with Crippen LogP contribution in [-0.2, 0) is 4.74 Å². The number of rotatable bonds is 7. The Morgan fingerprint density at radius 3 is 2.09 bits per heavy atom. The Kier molecular flexibility index (Phi) is 7.88. The second-order valence-corrected chi connectivity index (χ2v) is 11.5. The summed E-state index contributed by atoms with van der Waals surface area (Å²) in [5.41, 5.74) is 1.83. The monoisotopic (exact) mass is 468 g/mol. The molecule has 1 nitrogen and oxygen atoms in total. The van der Waals surface area contributed by atoms with E-state index in [0.29, 0.717) is 17.7 Å². The van der Waals surface area contributed by atoms with Gasteiger partial charge in [-0.25, -0.2) is 8.78 Å². The lowest BCUT2D eigenvalue weighted by Gasteiger charge is -2.40. The number of benzene rings is 1. The number of halogens is 2. The maximum Gasteiger partial charge on any atom is 0.166 e. The maximum absolute atomic E-state index is 14.7. The average Bonchev–Trinajstić information content (AvgIpc) is 3.72. The zero-order chi connectivity index (χ0) is 23.5. The SMILES string of the molecule is C/C=C/CCC1CCC(C2CCC(C3CC=C(c4ccc(C5CO5)c(F)c4F)CC3)CC2)CC1. The van der Waals surface area contributed by atoms with Gasteiger partial charge in [-0.15, -0.1) is 0 Å². The lowest BCUT2D eigenvalue weighted by atomic mass is 9.65. The molecule has 34 heavy (non-hydrogen) atoms. The summed E-state index contributed by atoms with van der Waals surface area (Å²) in [6, 6.07) is 3.48. The lowest BCUT2D eigenvalue weighted by molar-refractivity contribution is 0.121. The molecule has 3 aliphatic carbocycles. The molecule has 1 heterocycles. The van der Waals surface area contributed by atoms with Crippen LogP contribution in [0.4, 0.5) is 8.78 Å². The quantitative estimate of drug-likeness (QED) is 0.287. The number of hydrogen-bond donors (Lipinski definition) is 0. The molecule has 1 aromatic rings. The van der Waals surface area contributed by atoms with Crippen LogP contribution in [-0.4, -0.2) is 6.61 Å². The predicted octanol–water partition coefficient (Wildman–Crippen LogP) is 9.19. The van der Waals surface area contributed by atoms with E-state index in [0.717, 1.165) is 54.4 Å². The highest BCUT2D eigenvalue weighted by molar-refractivity contribution is 5.67. The van der Waals surface area contributed by atoms with E-state index in [1.54, 1.807) is 12.1 Å². The smallest absolute Gasteiger partial charge is 0.166 e. The van der Waals surface area contributed by atoms with Crippen LogP contribution in [0.1, 0.15) is 108 Å². The van der Waals surface area contributed by atoms with Crippen LogP contribution in [0.2, 0.25) is 0 Å². The predicted molar refractivity (Wildman–Crippen MR) is 135 cm³/mol. The molecule has 0 radical (unpaired) electrons. The summed E-state index contributed by atoms with van der Waals surface area (Å²) >= 11 is 0. The highest BCUT2D eigenvalue weighted by atomic mass is 19.2. The third kappa shape index (κ3) is 5.50. The fraction of sp³-hybridized carbons (Fsp3) is 0.677. The van der Waals surface area contributed by atoms with Gasteiger partial charge in [0, 0.05) is 11.1 Å². The van der Waals surface area contributed by atoms with Crippen LogP contribution in [0.3, 0.4) is 0 Å². The van der Waals surface area contributed by atoms with E-state index in [2.05, 4.69) is 25.2 Å². The van der Waals surface area contributed by atoms with Gasteiger partial charge in [-0.05, 0) is 113 Å². The topological polar surface area (TPSA) is 12.5 Å². The second-order valence-electron chi connectivity index (χ2n) is 11.5. The van der Waals surface area contributed by atoms with E-state index in [1.165, 1.54) is 64.2 Å². The minimum absolute atomic E-state index is 0.248. The van der Waals surface area contributed by atoms with Crippen molar-refractivity contribution in [3.8, 4) is 0 Å². The van der Waals surface area contributed by atoms with Crippen LogP contribution < -0.4 is 0 Å². The second kappa shape index (κ2) is 11.1. The lowest BCUT2D eigenvalue weighted by Crippen LogP contribution is -2.28. The van der Waals surface area contributed by atoms with Crippen molar-refractivity contribution in [3.05, 3.63) is 53.1 Å². The van der Waals surface area contributed by atoms with E-state index in [1.807, 2.05) is 0 Å². The van der Waals surface area contributed by atoms with Gasteiger partial charge >= 0.3 is 0 Å². The molecule has 5 rings (SSSR count). The van der Waals surface area contributed by atoms with Crippen LogP contribution >= 0.6 is 0 Å². The fourth-order valence-electron chi connectivity index (χ4n) is 7.35. The van der Waals surface area contributed by atoms with E-state index in [4.69, 9.17) is 4.74 Å². The molecular weight excluding hydrogens is 426 g/mol. The number of epoxide rings is 1. The first-order valence-electron chi connectivity index (χ1n) is 14.0. The third-order valence-corrected chi connectivity index (χ3v) is 9.61. The molecule has 3 heteroatoms. The number of ether oxygens (including phenoxy) is 1. The van der Waals surface area contributed by atoms with Crippen molar-refractivity contribution in [2.75, 3.05) is 6.61 Å². The van der Waals surface area contributed by atoms with Crippen LogP contribution in [0.25, 0.3) is 5.57 Å². The molecule has 0 bridgehead atoms. The van der Waals surface area contributed by atoms with Crippen molar-refractivity contribution < 1.29 is 13.5 Å². The van der Waals surface area contributed by atoms with Gasteiger partial charge in [0.05, 0.1) is 6.61 Å². The summed E-state index contributed by atoms with van der Waals surface area (Å²) in [7, 11) is 0. The van der Waals surface area contributed by atoms with E-state index in [9.17, 15) is 8.78 Å². The summed E-state index contributed by atoms with van der Waals surface area (Å²) in [5.74, 6) is 3.03. The van der Waals surface area contributed by atoms with Gasteiger partial charge in [0.15, 0.2) is 11.6 Å². The molecule has 0 N–H and O–H groups in total. The fourth-order valence-corrected chi connectivity index (χ4v) is 7.35. The molecule has 3 fully saturated rings. The van der Waals surface area contributed by atoms with Gasteiger partial charge < -0.3 is 4.74 Å². The molecular formula is C31H42F2O. The largest absolute Gasteiger partial charge is 0.368 e. The molecule has 4 aliphatic rings. The van der Waals surface area contributed by atoms with Crippen LogP contribution in [0.15, 0.2) is 30.4 Å². The van der Waals surface area contributed by atoms with Crippen LogP contribution in [0.5, 0.6) is 0 Å². The van der Waals surface area contributed by atoms with Crippen molar-refractivity contribution in [3.63, 3.8) is 0 Å².